The molecule has 0 aliphatic carbocycles. The molecule has 0 saturated heterocycles. The van der Waals surface area contributed by atoms with Crippen molar-refractivity contribution in [3.05, 3.63) is 58.3 Å². The molecule has 0 unspecified atom stereocenters. The van der Waals surface area contributed by atoms with Gasteiger partial charge in [0.2, 0.25) is 0 Å². The van der Waals surface area contributed by atoms with Crippen LogP contribution in [0.1, 0.15) is 37.9 Å². The molecule has 1 aromatic carbocycles. The molecule has 2 aliphatic rings. The molecule has 2 heterocycles. The Bertz CT molecular complexity index is 704. The van der Waals surface area contributed by atoms with Crippen LogP contribution in [0.2, 0.25) is 0 Å². The van der Waals surface area contributed by atoms with E-state index in [2.05, 4.69) is 36.2 Å². The third-order valence-electron chi connectivity index (χ3n) is 4.02. The lowest BCUT2D eigenvalue weighted by atomic mass is 9.94. The predicted molar refractivity (Wildman–Crippen MR) is 93.9 cm³/mol. The van der Waals surface area contributed by atoms with E-state index < -0.39 is 0 Å². The van der Waals surface area contributed by atoms with Crippen molar-refractivity contribution in [2.24, 2.45) is 4.99 Å². The number of aryl methyl sites for hydroxylation is 1. The Morgan fingerprint density at radius 2 is 2.04 bits per heavy atom. The maximum Gasteiger partial charge on any atom is 0.338 e. The molecule has 1 atom stereocenters. The largest absolute Gasteiger partial charge is 0.463 e. The van der Waals surface area contributed by atoms with E-state index in [1.807, 2.05) is 30.4 Å². The van der Waals surface area contributed by atoms with Gasteiger partial charge in [0.15, 0.2) is 5.17 Å². The van der Waals surface area contributed by atoms with Gasteiger partial charge in [0.05, 0.1) is 23.9 Å². The minimum Gasteiger partial charge on any atom is -0.463 e. The first-order valence-electron chi connectivity index (χ1n) is 7.82. The molecule has 120 valence electrons. The molecule has 0 N–H and O–H groups in total. The molecule has 0 radical (unpaired) electrons. The van der Waals surface area contributed by atoms with E-state index in [9.17, 15) is 4.79 Å². The number of fused-ring (bicyclic) bond motifs is 1. The standard InChI is InChI=1S/C18H20N2O2S/c1-4-13-6-8-14(9-7-13)16-15(17(21)22-5-2)12(3)19-18-20(16)10-11-23-18/h6-11,16H,4-5H2,1-3H3/t16-/m1/s1. The van der Waals surface area contributed by atoms with Crippen LogP contribution in [0.25, 0.3) is 0 Å². The van der Waals surface area contributed by atoms with Crippen LogP contribution < -0.4 is 0 Å². The van der Waals surface area contributed by atoms with E-state index in [0.717, 1.165) is 22.8 Å². The Morgan fingerprint density at radius 1 is 1.30 bits per heavy atom. The molecule has 4 nitrogen and oxygen atoms in total. The lowest BCUT2D eigenvalue weighted by molar-refractivity contribution is -0.139. The van der Waals surface area contributed by atoms with Crippen LogP contribution in [-0.2, 0) is 16.0 Å². The fraction of sp³-hybridized carbons (Fsp3) is 0.333. The van der Waals surface area contributed by atoms with Gasteiger partial charge in [-0.25, -0.2) is 9.79 Å². The van der Waals surface area contributed by atoms with Crippen LogP contribution >= 0.6 is 11.8 Å². The van der Waals surface area contributed by atoms with Gasteiger partial charge in [-0.2, -0.15) is 0 Å². The first-order chi connectivity index (χ1) is 11.2. The Balaban J connectivity index is 2.06. The molecule has 5 heteroatoms. The average Bonchev–Trinajstić information content (AvgIpc) is 3.01. The van der Waals surface area contributed by atoms with Crippen LogP contribution in [-0.4, -0.2) is 22.6 Å². The fourth-order valence-corrected chi connectivity index (χ4v) is 3.63. The van der Waals surface area contributed by atoms with Crippen LogP contribution in [0.3, 0.4) is 0 Å². The summed E-state index contributed by atoms with van der Waals surface area (Å²) in [6.07, 6.45) is 2.98. The summed E-state index contributed by atoms with van der Waals surface area (Å²) in [5, 5.41) is 2.90. The van der Waals surface area contributed by atoms with E-state index in [1.54, 1.807) is 11.8 Å². The number of carbonyl (C=O) groups is 1. The van der Waals surface area contributed by atoms with E-state index in [0.29, 0.717) is 12.2 Å². The average molecular weight is 328 g/mol. The van der Waals surface area contributed by atoms with Crippen LogP contribution in [0.5, 0.6) is 0 Å². The molecule has 0 bridgehead atoms. The Labute approximate surface area is 140 Å². The SMILES string of the molecule is CCOC(=O)C1=C(C)N=C2SC=CN2[C@@H]1c1ccc(CC)cc1. The number of benzene rings is 1. The van der Waals surface area contributed by atoms with Crippen molar-refractivity contribution in [3.63, 3.8) is 0 Å². The van der Waals surface area contributed by atoms with Gasteiger partial charge < -0.3 is 9.64 Å². The molecular formula is C18H20N2O2S. The second kappa shape index (κ2) is 6.62. The summed E-state index contributed by atoms with van der Waals surface area (Å²) < 4.78 is 5.27. The Hall–Kier alpha value is -2.01. The number of amidine groups is 1. The number of allylic oxidation sites excluding steroid dienone is 1. The molecule has 0 saturated carbocycles. The van der Waals surface area contributed by atoms with Crippen molar-refractivity contribution >= 4 is 22.9 Å². The smallest absolute Gasteiger partial charge is 0.338 e. The second-order valence-corrected chi connectivity index (χ2v) is 6.29. The summed E-state index contributed by atoms with van der Waals surface area (Å²) in [6, 6.07) is 8.24. The molecule has 0 spiro atoms. The lowest BCUT2D eigenvalue weighted by Gasteiger charge is -2.33. The monoisotopic (exact) mass is 328 g/mol. The zero-order chi connectivity index (χ0) is 16.4. The van der Waals surface area contributed by atoms with Gasteiger partial charge in [0.1, 0.15) is 0 Å². The molecule has 3 rings (SSSR count). The molecule has 0 fully saturated rings. The molecule has 23 heavy (non-hydrogen) atoms. The van der Waals surface area contributed by atoms with Crippen molar-refractivity contribution in [2.45, 2.75) is 33.2 Å². The number of hydrogen-bond donors (Lipinski definition) is 0. The third-order valence-corrected chi connectivity index (χ3v) is 4.79. The summed E-state index contributed by atoms with van der Waals surface area (Å²) in [4.78, 5) is 19.1. The van der Waals surface area contributed by atoms with Gasteiger partial charge in [-0.1, -0.05) is 43.0 Å². The van der Waals surface area contributed by atoms with Crippen LogP contribution in [0.15, 0.2) is 52.1 Å². The van der Waals surface area contributed by atoms with Crippen molar-refractivity contribution < 1.29 is 9.53 Å². The van der Waals surface area contributed by atoms with E-state index in [-0.39, 0.29) is 12.0 Å². The van der Waals surface area contributed by atoms with Crippen molar-refractivity contribution in [3.8, 4) is 0 Å². The molecule has 2 aliphatic heterocycles. The normalized spacial score (nSPS) is 19.7. The maximum absolute atomic E-state index is 12.5. The van der Waals surface area contributed by atoms with Crippen molar-refractivity contribution in [1.82, 2.24) is 4.90 Å². The Kier molecular flexibility index (Phi) is 4.57. The van der Waals surface area contributed by atoms with Crippen molar-refractivity contribution in [1.29, 1.82) is 0 Å². The van der Waals surface area contributed by atoms with Crippen molar-refractivity contribution in [2.75, 3.05) is 6.61 Å². The summed E-state index contributed by atoms with van der Waals surface area (Å²) in [6.45, 7) is 6.19. The summed E-state index contributed by atoms with van der Waals surface area (Å²) >= 11 is 1.57. The number of nitrogens with zero attached hydrogens (tertiary/aromatic N) is 2. The summed E-state index contributed by atoms with van der Waals surface area (Å²) in [5.74, 6) is -0.289. The number of ether oxygens (including phenoxy) is 1. The molecular weight excluding hydrogens is 308 g/mol. The van der Waals surface area contributed by atoms with Crippen LogP contribution in [0, 0.1) is 0 Å². The van der Waals surface area contributed by atoms with Gasteiger partial charge in [-0.05, 0) is 36.8 Å². The topological polar surface area (TPSA) is 41.9 Å². The Morgan fingerprint density at radius 3 is 2.70 bits per heavy atom. The maximum atomic E-state index is 12.5. The van der Waals surface area contributed by atoms with Gasteiger partial charge in [-0.15, -0.1) is 0 Å². The zero-order valence-electron chi connectivity index (χ0n) is 13.6. The first kappa shape index (κ1) is 15.9. The fourth-order valence-electron chi connectivity index (χ4n) is 2.83. The van der Waals surface area contributed by atoms with E-state index >= 15 is 0 Å². The minimum atomic E-state index is -0.289. The number of rotatable bonds is 4. The molecule has 0 amide bonds. The van der Waals surface area contributed by atoms with Gasteiger partial charge in [0, 0.05) is 6.20 Å². The number of esters is 1. The number of hydrogen-bond acceptors (Lipinski definition) is 5. The van der Waals surface area contributed by atoms with Gasteiger partial charge >= 0.3 is 5.97 Å². The molecule has 1 aromatic rings. The number of aliphatic imine (C=N–C) groups is 1. The highest BCUT2D eigenvalue weighted by Crippen LogP contribution is 2.40. The highest BCUT2D eigenvalue weighted by Gasteiger charge is 2.37. The van der Waals surface area contributed by atoms with Gasteiger partial charge in [-0.3, -0.25) is 0 Å². The second-order valence-electron chi connectivity index (χ2n) is 5.42. The number of thioether (sulfide) groups is 1. The summed E-state index contributed by atoms with van der Waals surface area (Å²) in [5.41, 5.74) is 3.70. The third kappa shape index (κ3) is 2.93. The van der Waals surface area contributed by atoms with E-state index in [1.165, 1.54) is 5.56 Å². The minimum absolute atomic E-state index is 0.182. The number of carbonyl (C=O) groups excluding carboxylic acids is 1. The lowest BCUT2D eigenvalue weighted by Crippen LogP contribution is -2.34. The summed E-state index contributed by atoms with van der Waals surface area (Å²) in [7, 11) is 0. The van der Waals surface area contributed by atoms with E-state index in [4.69, 9.17) is 4.74 Å². The van der Waals surface area contributed by atoms with Crippen LogP contribution in [0.4, 0.5) is 0 Å². The first-order valence-corrected chi connectivity index (χ1v) is 8.70. The highest BCUT2D eigenvalue weighted by atomic mass is 32.2. The quantitative estimate of drug-likeness (QED) is 0.783. The predicted octanol–water partition coefficient (Wildman–Crippen LogP) is 4.02. The highest BCUT2D eigenvalue weighted by molar-refractivity contribution is 8.16. The van der Waals surface area contributed by atoms with Gasteiger partial charge in [0.25, 0.3) is 0 Å². The molecule has 0 aromatic heterocycles. The zero-order valence-corrected chi connectivity index (χ0v) is 14.4.